The molecule has 0 fully saturated rings. The fourth-order valence-corrected chi connectivity index (χ4v) is 3.97. The molecule has 0 unspecified atom stereocenters. The predicted octanol–water partition coefficient (Wildman–Crippen LogP) is 6.14. The van der Waals surface area contributed by atoms with Gasteiger partial charge in [-0.1, -0.05) is 30.3 Å². The zero-order chi connectivity index (χ0) is 19.0. The van der Waals surface area contributed by atoms with Crippen molar-refractivity contribution in [3.63, 3.8) is 0 Å². The van der Waals surface area contributed by atoms with E-state index in [9.17, 15) is 4.79 Å². The summed E-state index contributed by atoms with van der Waals surface area (Å²) in [6.45, 7) is 6.14. The first-order chi connectivity index (χ1) is 13.0. The Kier molecular flexibility index (Phi) is 4.50. The highest BCUT2D eigenvalue weighted by Crippen LogP contribution is 2.30. The third kappa shape index (κ3) is 3.36. The zero-order valence-electron chi connectivity index (χ0n) is 15.5. The van der Waals surface area contributed by atoms with Crippen LogP contribution in [0, 0.1) is 20.8 Å². The summed E-state index contributed by atoms with van der Waals surface area (Å²) >= 11 is 1.68. The molecule has 0 radical (unpaired) electrons. The molecular formula is C23H20N2OS. The van der Waals surface area contributed by atoms with Crippen molar-refractivity contribution >= 4 is 33.8 Å². The molecule has 4 rings (SSSR count). The van der Waals surface area contributed by atoms with Gasteiger partial charge < -0.3 is 5.32 Å². The molecule has 1 amide bonds. The minimum atomic E-state index is -0.114. The fraction of sp³-hybridized carbons (Fsp3) is 0.130. The largest absolute Gasteiger partial charge is 0.322 e. The standard InChI is InChI=1S/C23H20N2OS/c1-14-7-6-10-19(16(14)3)25-23(26)18-13-21(22-12-11-15(2)27-22)24-20-9-5-4-8-17(18)20/h4-13H,1-3H3,(H,25,26). The van der Waals surface area contributed by atoms with Gasteiger partial charge in [0.05, 0.1) is 21.7 Å². The molecule has 0 saturated heterocycles. The smallest absolute Gasteiger partial charge is 0.256 e. The molecule has 0 aliphatic carbocycles. The van der Waals surface area contributed by atoms with Crippen molar-refractivity contribution in [1.82, 2.24) is 4.98 Å². The number of rotatable bonds is 3. The van der Waals surface area contributed by atoms with Crippen LogP contribution in [0.15, 0.2) is 60.7 Å². The molecule has 4 aromatic rings. The van der Waals surface area contributed by atoms with Crippen molar-refractivity contribution < 1.29 is 4.79 Å². The molecule has 0 saturated carbocycles. The predicted molar refractivity (Wildman–Crippen MR) is 114 cm³/mol. The SMILES string of the molecule is Cc1ccc(-c2cc(C(=O)Nc3cccc(C)c3C)c3ccccc3n2)s1. The summed E-state index contributed by atoms with van der Waals surface area (Å²) in [6, 6.07) is 19.8. The Bertz CT molecular complexity index is 1160. The van der Waals surface area contributed by atoms with E-state index in [2.05, 4.69) is 24.4 Å². The Hall–Kier alpha value is -2.98. The van der Waals surface area contributed by atoms with E-state index in [0.29, 0.717) is 5.56 Å². The van der Waals surface area contributed by atoms with E-state index in [0.717, 1.165) is 38.3 Å². The number of benzene rings is 2. The van der Waals surface area contributed by atoms with Gasteiger partial charge in [0.2, 0.25) is 0 Å². The van der Waals surface area contributed by atoms with Crippen LogP contribution in [0.25, 0.3) is 21.5 Å². The lowest BCUT2D eigenvalue weighted by molar-refractivity contribution is 0.102. The number of amides is 1. The van der Waals surface area contributed by atoms with E-state index in [4.69, 9.17) is 4.98 Å². The van der Waals surface area contributed by atoms with Gasteiger partial charge in [-0.3, -0.25) is 4.79 Å². The van der Waals surface area contributed by atoms with E-state index in [1.807, 2.05) is 62.4 Å². The van der Waals surface area contributed by atoms with E-state index < -0.39 is 0 Å². The molecule has 4 heteroatoms. The summed E-state index contributed by atoms with van der Waals surface area (Å²) in [4.78, 5) is 20.2. The van der Waals surface area contributed by atoms with Gasteiger partial charge in [-0.2, -0.15) is 0 Å². The highest BCUT2D eigenvalue weighted by Gasteiger charge is 2.15. The normalized spacial score (nSPS) is 10.9. The van der Waals surface area contributed by atoms with Crippen LogP contribution in [0.3, 0.4) is 0 Å². The van der Waals surface area contributed by atoms with Gasteiger partial charge in [-0.25, -0.2) is 4.98 Å². The van der Waals surface area contributed by atoms with Gasteiger partial charge in [-0.15, -0.1) is 11.3 Å². The number of fused-ring (bicyclic) bond motifs is 1. The Labute approximate surface area is 162 Å². The quantitative estimate of drug-likeness (QED) is 0.469. The van der Waals surface area contributed by atoms with Crippen molar-refractivity contribution in [2.75, 3.05) is 5.32 Å². The Balaban J connectivity index is 1.82. The highest BCUT2D eigenvalue weighted by molar-refractivity contribution is 7.15. The molecule has 0 aliphatic heterocycles. The number of nitrogens with one attached hydrogen (secondary N) is 1. The number of carbonyl (C=O) groups is 1. The van der Waals surface area contributed by atoms with Crippen molar-refractivity contribution in [3.05, 3.63) is 82.2 Å². The van der Waals surface area contributed by atoms with Gasteiger partial charge >= 0.3 is 0 Å². The molecule has 0 spiro atoms. The van der Waals surface area contributed by atoms with Crippen molar-refractivity contribution in [3.8, 4) is 10.6 Å². The number of nitrogens with zero attached hydrogens (tertiary/aromatic N) is 1. The van der Waals surface area contributed by atoms with Crippen molar-refractivity contribution in [2.24, 2.45) is 0 Å². The van der Waals surface area contributed by atoms with Crippen LogP contribution in [0.2, 0.25) is 0 Å². The van der Waals surface area contributed by atoms with E-state index in [1.54, 1.807) is 11.3 Å². The van der Waals surface area contributed by atoms with Gasteiger partial charge in [0, 0.05) is 16.0 Å². The molecule has 0 atom stereocenters. The maximum absolute atomic E-state index is 13.1. The van der Waals surface area contributed by atoms with Crippen LogP contribution < -0.4 is 5.32 Å². The van der Waals surface area contributed by atoms with Crippen molar-refractivity contribution in [2.45, 2.75) is 20.8 Å². The summed E-state index contributed by atoms with van der Waals surface area (Å²) in [5.41, 5.74) is 5.38. The average molecular weight is 372 g/mol. The number of pyridine rings is 1. The van der Waals surface area contributed by atoms with E-state index >= 15 is 0 Å². The third-order valence-electron chi connectivity index (χ3n) is 4.81. The molecule has 3 nitrogen and oxygen atoms in total. The first-order valence-corrected chi connectivity index (χ1v) is 9.69. The first-order valence-electron chi connectivity index (χ1n) is 8.87. The number of aryl methyl sites for hydroxylation is 2. The van der Waals surface area contributed by atoms with E-state index in [-0.39, 0.29) is 5.91 Å². The molecule has 1 N–H and O–H groups in total. The molecule has 134 valence electrons. The van der Waals surface area contributed by atoms with Gasteiger partial charge in [0.15, 0.2) is 0 Å². The summed E-state index contributed by atoms with van der Waals surface area (Å²) in [5.74, 6) is -0.114. The van der Waals surface area contributed by atoms with Gasteiger partial charge in [0.1, 0.15) is 0 Å². The van der Waals surface area contributed by atoms with Gasteiger partial charge in [0.25, 0.3) is 5.91 Å². The third-order valence-corrected chi connectivity index (χ3v) is 5.83. The molecule has 2 aromatic heterocycles. The number of anilines is 1. The minimum absolute atomic E-state index is 0.114. The van der Waals surface area contributed by atoms with Crippen LogP contribution in [-0.4, -0.2) is 10.9 Å². The maximum atomic E-state index is 13.1. The van der Waals surface area contributed by atoms with E-state index in [1.165, 1.54) is 4.88 Å². The summed E-state index contributed by atoms with van der Waals surface area (Å²) in [6.07, 6.45) is 0. The Morgan fingerprint density at radius 3 is 2.56 bits per heavy atom. The summed E-state index contributed by atoms with van der Waals surface area (Å²) < 4.78 is 0. The number of hydrogen-bond acceptors (Lipinski definition) is 3. The second-order valence-corrected chi connectivity index (χ2v) is 7.97. The maximum Gasteiger partial charge on any atom is 0.256 e. The summed E-state index contributed by atoms with van der Waals surface area (Å²) in [7, 11) is 0. The van der Waals surface area contributed by atoms with Crippen LogP contribution in [0.1, 0.15) is 26.4 Å². The van der Waals surface area contributed by atoms with Crippen LogP contribution in [0.4, 0.5) is 5.69 Å². The number of thiophene rings is 1. The second kappa shape index (κ2) is 6.97. The molecule has 27 heavy (non-hydrogen) atoms. The molecule has 2 aromatic carbocycles. The average Bonchev–Trinajstić information content (AvgIpc) is 3.11. The molecule has 0 bridgehead atoms. The number of para-hydroxylation sites is 1. The fourth-order valence-electron chi connectivity index (χ4n) is 3.14. The second-order valence-electron chi connectivity index (χ2n) is 6.68. The van der Waals surface area contributed by atoms with Crippen LogP contribution in [0.5, 0.6) is 0 Å². The van der Waals surface area contributed by atoms with Crippen LogP contribution >= 0.6 is 11.3 Å². The number of carbonyl (C=O) groups excluding carboxylic acids is 1. The molecule has 0 aliphatic rings. The number of hydrogen-bond donors (Lipinski definition) is 1. The minimum Gasteiger partial charge on any atom is -0.322 e. The number of aromatic nitrogens is 1. The first kappa shape index (κ1) is 17.4. The monoisotopic (exact) mass is 372 g/mol. The topological polar surface area (TPSA) is 42.0 Å². The summed E-state index contributed by atoms with van der Waals surface area (Å²) in [5, 5.41) is 3.94. The zero-order valence-corrected chi connectivity index (χ0v) is 16.4. The lowest BCUT2D eigenvalue weighted by Gasteiger charge is -2.12. The highest BCUT2D eigenvalue weighted by atomic mass is 32.1. The molecular weight excluding hydrogens is 352 g/mol. The van der Waals surface area contributed by atoms with Gasteiger partial charge in [-0.05, 0) is 62.2 Å². The van der Waals surface area contributed by atoms with Crippen molar-refractivity contribution in [1.29, 1.82) is 0 Å². The lowest BCUT2D eigenvalue weighted by atomic mass is 10.0. The Morgan fingerprint density at radius 1 is 0.963 bits per heavy atom. The van der Waals surface area contributed by atoms with Crippen LogP contribution in [-0.2, 0) is 0 Å². The molecule has 2 heterocycles. The lowest BCUT2D eigenvalue weighted by Crippen LogP contribution is -2.14. The Morgan fingerprint density at radius 2 is 1.78 bits per heavy atom.